The highest BCUT2D eigenvalue weighted by atomic mass is 16.5. The van der Waals surface area contributed by atoms with Crippen LogP contribution in [-0.2, 0) is 34.4 Å². The van der Waals surface area contributed by atoms with Crippen molar-refractivity contribution in [3.8, 4) is 11.4 Å². The van der Waals surface area contributed by atoms with Crippen LogP contribution in [-0.4, -0.2) is 56.7 Å². The molecular formula is C26H36N4O5. The van der Waals surface area contributed by atoms with Gasteiger partial charge in [-0.1, -0.05) is 6.07 Å². The lowest BCUT2D eigenvalue weighted by molar-refractivity contribution is -0.152. The van der Waals surface area contributed by atoms with E-state index in [0.717, 1.165) is 28.0 Å². The number of aliphatic hydroxyl groups excluding tert-OH is 1. The normalized spacial score (nSPS) is 14.3. The Morgan fingerprint density at radius 1 is 1.20 bits per heavy atom. The molecule has 3 rings (SSSR count). The summed E-state index contributed by atoms with van der Waals surface area (Å²) in [6.07, 6.45) is 0.583. The first kappa shape index (κ1) is 26.6. The fourth-order valence-electron chi connectivity index (χ4n) is 4.01. The monoisotopic (exact) mass is 484 g/mol. The zero-order valence-electron chi connectivity index (χ0n) is 21.5. The molecule has 3 atom stereocenters. The summed E-state index contributed by atoms with van der Waals surface area (Å²) in [4.78, 5) is 29.5. The van der Waals surface area contributed by atoms with Crippen molar-refractivity contribution in [1.82, 2.24) is 19.4 Å². The van der Waals surface area contributed by atoms with E-state index in [1.54, 1.807) is 52.6 Å². The number of rotatable bonds is 10. The molecule has 3 aromatic rings. The number of methoxy groups -OCH3 is 1. The van der Waals surface area contributed by atoms with E-state index < -0.39 is 18.1 Å². The Morgan fingerprint density at radius 2 is 1.91 bits per heavy atom. The lowest BCUT2D eigenvalue weighted by Crippen LogP contribution is -2.46. The predicted octanol–water partition coefficient (Wildman–Crippen LogP) is 2.54. The van der Waals surface area contributed by atoms with Crippen molar-refractivity contribution in [2.75, 3.05) is 7.11 Å². The van der Waals surface area contributed by atoms with Gasteiger partial charge in [0.2, 0.25) is 0 Å². The molecule has 9 heteroatoms. The first-order valence-electron chi connectivity index (χ1n) is 11.8. The second-order valence-corrected chi connectivity index (χ2v) is 9.33. The minimum Gasteiger partial charge on any atom is -0.462 e. The molecule has 35 heavy (non-hydrogen) atoms. The van der Waals surface area contributed by atoms with Crippen molar-refractivity contribution < 1.29 is 19.4 Å². The van der Waals surface area contributed by atoms with Gasteiger partial charge in [-0.15, -0.1) is 0 Å². The largest absolute Gasteiger partial charge is 0.462 e. The second kappa shape index (κ2) is 11.2. The fraction of sp³-hybridized carbons (Fsp3) is 0.500. The maximum atomic E-state index is 12.3. The van der Waals surface area contributed by atoms with Crippen molar-refractivity contribution in [3.63, 3.8) is 0 Å². The number of benzene rings is 1. The minimum atomic E-state index is -0.903. The van der Waals surface area contributed by atoms with Crippen LogP contribution in [0, 0.1) is 6.92 Å². The van der Waals surface area contributed by atoms with Gasteiger partial charge < -0.3 is 23.7 Å². The van der Waals surface area contributed by atoms with E-state index in [-0.39, 0.29) is 17.8 Å². The summed E-state index contributed by atoms with van der Waals surface area (Å²) in [7, 11) is 3.41. The van der Waals surface area contributed by atoms with Gasteiger partial charge >= 0.3 is 5.97 Å². The molecule has 190 valence electrons. The number of imidazole rings is 1. The number of nitrogens with one attached hydrogen (secondary N) is 1. The summed E-state index contributed by atoms with van der Waals surface area (Å²) >= 11 is 0. The quantitative estimate of drug-likeness (QED) is 0.426. The van der Waals surface area contributed by atoms with E-state index in [0.29, 0.717) is 18.7 Å². The molecule has 0 aliphatic carbocycles. The first-order chi connectivity index (χ1) is 16.5. The lowest BCUT2D eigenvalue weighted by Gasteiger charge is -2.21. The molecule has 0 spiro atoms. The summed E-state index contributed by atoms with van der Waals surface area (Å²) in [5, 5.41) is 13.2. The van der Waals surface area contributed by atoms with Gasteiger partial charge in [-0.2, -0.15) is 0 Å². The van der Waals surface area contributed by atoms with Gasteiger partial charge in [-0.05, 0) is 58.4 Å². The van der Waals surface area contributed by atoms with Crippen LogP contribution in [0.2, 0.25) is 0 Å². The van der Waals surface area contributed by atoms with E-state index in [1.807, 2.05) is 31.2 Å². The molecule has 0 saturated heterocycles. The predicted molar refractivity (Wildman–Crippen MR) is 135 cm³/mol. The second-order valence-electron chi connectivity index (χ2n) is 9.33. The summed E-state index contributed by atoms with van der Waals surface area (Å²) in [5.74, 6) is 0.260. The zero-order chi connectivity index (χ0) is 25.9. The SMILES string of the molecule is COC(C)Cn1c(-c2cc(C)c(=O)n(C)c2)nc2cc(CNC(C(=O)OC(C)C)C(C)O)ccc21. The molecule has 0 aliphatic heterocycles. The van der Waals surface area contributed by atoms with E-state index >= 15 is 0 Å². The van der Waals surface area contributed by atoms with Gasteiger partial charge in [0.25, 0.3) is 5.56 Å². The smallest absolute Gasteiger partial charge is 0.326 e. The third kappa shape index (κ3) is 6.17. The van der Waals surface area contributed by atoms with Gasteiger partial charge in [0.1, 0.15) is 11.9 Å². The molecule has 2 aromatic heterocycles. The molecule has 0 radical (unpaired) electrons. The standard InChI is InChI=1S/C26H36N4O5/c1-15(2)35-26(33)23(18(5)31)27-12-19-8-9-22-21(11-19)28-24(30(22)13-17(4)34-7)20-10-16(3)25(32)29(6)14-20/h8-11,14-15,17-18,23,27,31H,12-13H2,1-7H3. The number of carbonyl (C=O) groups excluding carboxylic acids is 1. The molecule has 1 aromatic carbocycles. The number of aliphatic hydroxyl groups is 1. The van der Waals surface area contributed by atoms with Gasteiger partial charge in [0.05, 0.1) is 35.9 Å². The Morgan fingerprint density at radius 3 is 2.51 bits per heavy atom. The van der Waals surface area contributed by atoms with Crippen molar-refractivity contribution in [3.05, 3.63) is 51.9 Å². The van der Waals surface area contributed by atoms with Crippen molar-refractivity contribution in [2.45, 2.75) is 72.1 Å². The van der Waals surface area contributed by atoms with Crippen molar-refractivity contribution >= 4 is 17.0 Å². The van der Waals surface area contributed by atoms with Crippen LogP contribution in [0.3, 0.4) is 0 Å². The minimum absolute atomic E-state index is 0.0418. The highest BCUT2D eigenvalue weighted by Crippen LogP contribution is 2.26. The highest BCUT2D eigenvalue weighted by Gasteiger charge is 2.25. The molecule has 0 fully saturated rings. The van der Waals surface area contributed by atoms with E-state index in [1.165, 1.54) is 0 Å². The Balaban J connectivity index is 1.98. The maximum Gasteiger partial charge on any atom is 0.326 e. The number of hydrogen-bond donors (Lipinski definition) is 2. The van der Waals surface area contributed by atoms with Crippen LogP contribution < -0.4 is 10.9 Å². The molecule has 0 aliphatic rings. The molecule has 2 N–H and O–H groups in total. The summed E-state index contributed by atoms with van der Waals surface area (Å²) in [6.45, 7) is 9.84. The van der Waals surface area contributed by atoms with Crippen LogP contribution in [0.15, 0.2) is 35.3 Å². The van der Waals surface area contributed by atoms with Crippen molar-refractivity contribution in [1.29, 1.82) is 0 Å². The average Bonchev–Trinajstić information content (AvgIpc) is 3.13. The molecule has 0 saturated carbocycles. The Bertz CT molecular complexity index is 1220. The third-order valence-electron chi connectivity index (χ3n) is 5.89. The van der Waals surface area contributed by atoms with E-state index in [9.17, 15) is 14.7 Å². The van der Waals surface area contributed by atoms with Gasteiger partial charge in [-0.3, -0.25) is 14.9 Å². The van der Waals surface area contributed by atoms with E-state index in [2.05, 4.69) is 9.88 Å². The van der Waals surface area contributed by atoms with Crippen LogP contribution in [0.5, 0.6) is 0 Å². The van der Waals surface area contributed by atoms with Crippen LogP contribution >= 0.6 is 0 Å². The Kier molecular flexibility index (Phi) is 8.47. The molecule has 0 amide bonds. The Labute approximate surface area is 205 Å². The number of aryl methyl sites for hydroxylation is 2. The number of hydrogen-bond acceptors (Lipinski definition) is 7. The number of pyridine rings is 1. The van der Waals surface area contributed by atoms with Gasteiger partial charge in [-0.25, -0.2) is 4.98 Å². The number of fused-ring (bicyclic) bond motifs is 1. The van der Waals surface area contributed by atoms with Crippen LogP contribution in [0.4, 0.5) is 0 Å². The van der Waals surface area contributed by atoms with Crippen LogP contribution in [0.25, 0.3) is 22.4 Å². The van der Waals surface area contributed by atoms with Gasteiger partial charge in [0.15, 0.2) is 0 Å². The highest BCUT2D eigenvalue weighted by molar-refractivity contribution is 5.81. The Hall–Kier alpha value is -3.01. The summed E-state index contributed by atoms with van der Waals surface area (Å²) < 4.78 is 14.4. The van der Waals surface area contributed by atoms with Crippen LogP contribution in [0.1, 0.15) is 38.8 Å². The fourth-order valence-corrected chi connectivity index (χ4v) is 4.01. The summed E-state index contributed by atoms with van der Waals surface area (Å²) in [6, 6.07) is 6.93. The topological polar surface area (TPSA) is 108 Å². The zero-order valence-corrected chi connectivity index (χ0v) is 21.5. The molecule has 2 heterocycles. The number of esters is 1. The first-order valence-corrected chi connectivity index (χ1v) is 11.8. The molecule has 9 nitrogen and oxygen atoms in total. The molecule has 3 unspecified atom stereocenters. The lowest BCUT2D eigenvalue weighted by atomic mass is 10.1. The van der Waals surface area contributed by atoms with E-state index in [4.69, 9.17) is 14.5 Å². The van der Waals surface area contributed by atoms with Gasteiger partial charge in [0, 0.05) is 38.0 Å². The number of aromatic nitrogens is 3. The maximum absolute atomic E-state index is 12.3. The molecule has 0 bridgehead atoms. The molecular weight excluding hydrogens is 448 g/mol. The number of nitrogens with zero attached hydrogens (tertiary/aromatic N) is 3. The van der Waals surface area contributed by atoms with Crippen molar-refractivity contribution in [2.24, 2.45) is 7.05 Å². The number of ether oxygens (including phenoxy) is 2. The number of carbonyl (C=O) groups is 1. The third-order valence-corrected chi connectivity index (χ3v) is 5.89. The average molecular weight is 485 g/mol. The summed E-state index contributed by atoms with van der Waals surface area (Å²) in [5.41, 5.74) is 4.07.